The quantitative estimate of drug-likeness (QED) is 0.809. The minimum Gasteiger partial charge on any atom is -0.508 e. The molecule has 1 aromatic carbocycles. The third-order valence-corrected chi connectivity index (χ3v) is 2.99. The number of hydrazine groups is 1. The lowest BCUT2D eigenvalue weighted by Gasteiger charge is -2.32. The van der Waals surface area contributed by atoms with Crippen LogP contribution in [0.3, 0.4) is 0 Å². The van der Waals surface area contributed by atoms with E-state index in [-0.39, 0.29) is 17.7 Å². The Hall–Kier alpha value is -1.59. The molecule has 0 radical (unpaired) electrons. The van der Waals surface area contributed by atoms with Crippen molar-refractivity contribution < 1.29 is 9.90 Å². The van der Waals surface area contributed by atoms with Crippen LogP contribution in [0.25, 0.3) is 0 Å². The van der Waals surface area contributed by atoms with Gasteiger partial charge in [0, 0.05) is 25.6 Å². The third-order valence-electron chi connectivity index (χ3n) is 2.99. The van der Waals surface area contributed by atoms with E-state index < -0.39 is 0 Å². The number of anilines is 1. The SMILES string of the molecule is CC(CN)N1CCC(=O)N1c1ccc(O)cc1. The third kappa shape index (κ3) is 2.25. The minimum atomic E-state index is 0.0657. The number of hydrogen-bond acceptors (Lipinski definition) is 4. The number of carbonyl (C=O) groups excluding carboxylic acids is 1. The summed E-state index contributed by atoms with van der Waals surface area (Å²) in [5.41, 5.74) is 6.41. The van der Waals surface area contributed by atoms with E-state index in [1.54, 1.807) is 29.3 Å². The molecule has 1 aromatic rings. The van der Waals surface area contributed by atoms with Gasteiger partial charge in [0.25, 0.3) is 0 Å². The van der Waals surface area contributed by atoms with Gasteiger partial charge in [-0.3, -0.25) is 4.79 Å². The first-order valence-corrected chi connectivity index (χ1v) is 5.72. The van der Waals surface area contributed by atoms with Gasteiger partial charge >= 0.3 is 0 Å². The number of nitrogens with zero attached hydrogens (tertiary/aromatic N) is 2. The highest BCUT2D eigenvalue weighted by Crippen LogP contribution is 2.25. The van der Waals surface area contributed by atoms with Gasteiger partial charge in [-0.05, 0) is 31.2 Å². The zero-order valence-corrected chi connectivity index (χ0v) is 9.84. The number of phenols is 1. The number of aromatic hydroxyl groups is 1. The van der Waals surface area contributed by atoms with Crippen molar-refractivity contribution >= 4 is 11.6 Å². The highest BCUT2D eigenvalue weighted by atomic mass is 16.3. The fourth-order valence-electron chi connectivity index (χ4n) is 1.98. The standard InChI is InChI=1S/C12H17N3O2/c1-9(8-13)14-7-6-12(17)15(14)10-2-4-11(16)5-3-10/h2-5,9,16H,6-8,13H2,1H3. The van der Waals surface area contributed by atoms with E-state index >= 15 is 0 Å². The molecule has 0 spiro atoms. The Bertz CT molecular complexity index is 405. The Labute approximate surface area is 100 Å². The summed E-state index contributed by atoms with van der Waals surface area (Å²) in [5.74, 6) is 0.259. The van der Waals surface area contributed by atoms with Crippen LogP contribution in [-0.2, 0) is 4.79 Å². The maximum atomic E-state index is 11.9. The Morgan fingerprint density at radius 1 is 1.41 bits per heavy atom. The van der Waals surface area contributed by atoms with E-state index in [0.717, 1.165) is 5.69 Å². The monoisotopic (exact) mass is 235 g/mol. The summed E-state index contributed by atoms with van der Waals surface area (Å²) in [6.07, 6.45) is 0.505. The molecular formula is C12H17N3O2. The van der Waals surface area contributed by atoms with E-state index in [9.17, 15) is 9.90 Å². The second-order valence-corrected chi connectivity index (χ2v) is 4.22. The highest BCUT2D eigenvalue weighted by molar-refractivity contribution is 5.94. The minimum absolute atomic E-state index is 0.0657. The number of rotatable bonds is 3. The maximum Gasteiger partial charge on any atom is 0.242 e. The van der Waals surface area contributed by atoms with Crippen LogP contribution in [0.5, 0.6) is 5.75 Å². The van der Waals surface area contributed by atoms with Crippen molar-refractivity contribution in [1.29, 1.82) is 0 Å². The van der Waals surface area contributed by atoms with Crippen molar-refractivity contribution in [3.63, 3.8) is 0 Å². The molecule has 1 heterocycles. The molecule has 1 unspecified atom stereocenters. The van der Waals surface area contributed by atoms with Gasteiger partial charge in [-0.1, -0.05) is 0 Å². The first kappa shape index (κ1) is 11.9. The van der Waals surface area contributed by atoms with E-state index in [4.69, 9.17) is 5.73 Å². The van der Waals surface area contributed by atoms with Crippen molar-refractivity contribution in [1.82, 2.24) is 5.01 Å². The number of hydrogen-bond donors (Lipinski definition) is 2. The predicted molar refractivity (Wildman–Crippen MR) is 65.4 cm³/mol. The summed E-state index contributed by atoms with van der Waals surface area (Å²) in [5, 5.41) is 12.9. The Kier molecular flexibility index (Phi) is 3.31. The van der Waals surface area contributed by atoms with Gasteiger partial charge in [-0.15, -0.1) is 0 Å². The second-order valence-electron chi connectivity index (χ2n) is 4.22. The van der Waals surface area contributed by atoms with Crippen molar-refractivity contribution in [3.8, 4) is 5.75 Å². The lowest BCUT2D eigenvalue weighted by molar-refractivity contribution is -0.118. The second kappa shape index (κ2) is 4.73. The fraction of sp³-hybridized carbons (Fsp3) is 0.417. The normalized spacial score (nSPS) is 18.7. The van der Waals surface area contributed by atoms with Crippen LogP contribution in [0.2, 0.25) is 0 Å². The maximum absolute atomic E-state index is 11.9. The average Bonchev–Trinajstić information content (AvgIpc) is 2.71. The summed E-state index contributed by atoms with van der Waals surface area (Å²) >= 11 is 0. The topological polar surface area (TPSA) is 69.8 Å². The van der Waals surface area contributed by atoms with Crippen LogP contribution in [0.15, 0.2) is 24.3 Å². The molecule has 0 saturated carbocycles. The Balaban J connectivity index is 2.27. The first-order valence-electron chi connectivity index (χ1n) is 5.72. The molecule has 3 N–H and O–H groups in total. The van der Waals surface area contributed by atoms with Gasteiger partial charge < -0.3 is 10.8 Å². The van der Waals surface area contributed by atoms with Gasteiger partial charge in [-0.25, -0.2) is 10.0 Å². The lowest BCUT2D eigenvalue weighted by Crippen LogP contribution is -2.47. The van der Waals surface area contributed by atoms with Crippen molar-refractivity contribution in [2.24, 2.45) is 5.73 Å². The van der Waals surface area contributed by atoms with Crippen molar-refractivity contribution in [2.75, 3.05) is 18.1 Å². The van der Waals surface area contributed by atoms with E-state index in [1.807, 2.05) is 11.9 Å². The summed E-state index contributed by atoms with van der Waals surface area (Å²) in [4.78, 5) is 11.9. The van der Waals surface area contributed by atoms with E-state index in [0.29, 0.717) is 19.5 Å². The number of benzene rings is 1. The van der Waals surface area contributed by atoms with E-state index in [1.165, 1.54) is 0 Å². The van der Waals surface area contributed by atoms with Crippen LogP contribution < -0.4 is 10.7 Å². The number of carbonyl (C=O) groups is 1. The summed E-state index contributed by atoms with van der Waals surface area (Å²) < 4.78 is 0. The number of nitrogens with two attached hydrogens (primary N) is 1. The van der Waals surface area contributed by atoms with Crippen LogP contribution in [-0.4, -0.2) is 35.2 Å². The van der Waals surface area contributed by atoms with Crippen LogP contribution in [0.4, 0.5) is 5.69 Å². The van der Waals surface area contributed by atoms with Crippen LogP contribution in [0.1, 0.15) is 13.3 Å². The molecular weight excluding hydrogens is 218 g/mol. The Morgan fingerprint density at radius 3 is 2.65 bits per heavy atom. The largest absolute Gasteiger partial charge is 0.508 e. The van der Waals surface area contributed by atoms with Gasteiger partial charge in [0.2, 0.25) is 5.91 Å². The van der Waals surface area contributed by atoms with Gasteiger partial charge in [0.05, 0.1) is 5.69 Å². The van der Waals surface area contributed by atoms with Crippen molar-refractivity contribution in [2.45, 2.75) is 19.4 Å². The van der Waals surface area contributed by atoms with Crippen molar-refractivity contribution in [3.05, 3.63) is 24.3 Å². The number of amides is 1. The average molecular weight is 235 g/mol. The molecule has 1 atom stereocenters. The molecule has 1 aliphatic heterocycles. The molecule has 0 bridgehead atoms. The smallest absolute Gasteiger partial charge is 0.242 e. The van der Waals surface area contributed by atoms with Gasteiger partial charge in [-0.2, -0.15) is 0 Å². The first-order chi connectivity index (χ1) is 8.13. The lowest BCUT2D eigenvalue weighted by atomic mass is 10.3. The molecule has 1 aliphatic rings. The molecule has 2 rings (SSSR count). The Morgan fingerprint density at radius 2 is 2.06 bits per heavy atom. The molecule has 5 nitrogen and oxygen atoms in total. The molecule has 1 saturated heterocycles. The van der Waals surface area contributed by atoms with Gasteiger partial charge in [0.1, 0.15) is 5.75 Å². The molecule has 5 heteroatoms. The zero-order chi connectivity index (χ0) is 12.4. The molecule has 17 heavy (non-hydrogen) atoms. The fourth-order valence-corrected chi connectivity index (χ4v) is 1.98. The zero-order valence-electron chi connectivity index (χ0n) is 9.84. The molecule has 0 aliphatic carbocycles. The van der Waals surface area contributed by atoms with Crippen LogP contribution >= 0.6 is 0 Å². The summed E-state index contributed by atoms with van der Waals surface area (Å²) in [6, 6.07) is 6.73. The highest BCUT2D eigenvalue weighted by Gasteiger charge is 2.32. The summed E-state index contributed by atoms with van der Waals surface area (Å²) in [6.45, 7) is 3.19. The van der Waals surface area contributed by atoms with Gasteiger partial charge in [0.15, 0.2) is 0 Å². The molecule has 92 valence electrons. The summed E-state index contributed by atoms with van der Waals surface area (Å²) in [7, 11) is 0. The molecule has 1 fully saturated rings. The van der Waals surface area contributed by atoms with Crippen LogP contribution in [0, 0.1) is 0 Å². The predicted octanol–water partition coefficient (Wildman–Crippen LogP) is 0.693. The molecule has 1 amide bonds. The van der Waals surface area contributed by atoms with E-state index in [2.05, 4.69) is 0 Å². The number of phenolic OH excluding ortho intramolecular Hbond substituents is 1. The molecule has 0 aromatic heterocycles.